The van der Waals surface area contributed by atoms with Gasteiger partial charge in [-0.2, -0.15) is 5.10 Å². The standard InChI is InChI=1S/C38H53N7O4/c1-25(2)45-22-32(20-41-45)30-15-16-39-35(18-30)44(21-27-7-9-28(10-8-27)31-17-26(3)36(48-6)40-19-31)37(46)29-11-13-34(14-12-29)49-38(47)43-23-33(24-43)42(4)5/h15-20,22,25,27-29,33-34H,7-14,21,23-24H2,1-6H3/t27-,28-,29-,34-. The van der Waals surface area contributed by atoms with Crippen molar-refractivity contribution >= 4 is 17.8 Å². The Morgan fingerprint density at radius 1 is 0.959 bits per heavy atom. The molecule has 0 atom stereocenters. The SMILES string of the molecule is COc1ncc([C@H]2CC[C@H](CN(c3cc(-c4cnn(C(C)C)c4)ccn3)C(=O)[C@H]3CC[C@H](OC(=O)N4CC(N(C)C)C4)CC3)CC2)cc1C. The predicted molar refractivity (Wildman–Crippen MR) is 190 cm³/mol. The maximum atomic E-state index is 14.4. The maximum Gasteiger partial charge on any atom is 0.410 e. The van der Waals surface area contributed by atoms with Gasteiger partial charge in [-0.15, -0.1) is 0 Å². The average molecular weight is 672 g/mol. The Morgan fingerprint density at radius 2 is 1.69 bits per heavy atom. The van der Waals surface area contributed by atoms with Crippen LogP contribution >= 0.6 is 0 Å². The van der Waals surface area contributed by atoms with E-state index in [0.717, 1.165) is 42.4 Å². The fraction of sp³-hybridized carbons (Fsp3) is 0.605. The molecule has 1 aliphatic heterocycles. The Balaban J connectivity index is 1.13. The van der Waals surface area contributed by atoms with E-state index in [2.05, 4.69) is 41.1 Å². The minimum absolute atomic E-state index is 0.126. The number of aryl methyl sites for hydroxylation is 1. The van der Waals surface area contributed by atoms with Gasteiger partial charge in [0, 0.05) is 67.4 Å². The third kappa shape index (κ3) is 8.09. The lowest BCUT2D eigenvalue weighted by molar-refractivity contribution is -0.124. The molecule has 3 aromatic heterocycles. The zero-order chi connectivity index (χ0) is 34.7. The van der Waals surface area contributed by atoms with E-state index in [-0.39, 0.29) is 30.1 Å². The van der Waals surface area contributed by atoms with Gasteiger partial charge in [-0.25, -0.2) is 14.8 Å². The molecule has 11 heteroatoms. The maximum absolute atomic E-state index is 14.4. The van der Waals surface area contributed by atoms with Gasteiger partial charge in [0.15, 0.2) is 0 Å². The van der Waals surface area contributed by atoms with Gasteiger partial charge in [-0.05, 0) is 127 Å². The molecule has 0 N–H and O–H groups in total. The highest BCUT2D eigenvalue weighted by atomic mass is 16.6. The predicted octanol–water partition coefficient (Wildman–Crippen LogP) is 6.49. The van der Waals surface area contributed by atoms with Crippen molar-refractivity contribution in [2.45, 2.75) is 96.2 Å². The highest BCUT2D eigenvalue weighted by Crippen LogP contribution is 2.38. The molecule has 6 rings (SSSR count). The van der Waals surface area contributed by atoms with Crippen molar-refractivity contribution in [2.24, 2.45) is 11.8 Å². The quantitative estimate of drug-likeness (QED) is 0.241. The van der Waals surface area contributed by atoms with Crippen LogP contribution in [0.25, 0.3) is 11.1 Å². The Kier molecular flexibility index (Phi) is 10.9. The van der Waals surface area contributed by atoms with E-state index in [1.807, 2.05) is 55.1 Å². The first kappa shape index (κ1) is 34.9. The van der Waals surface area contributed by atoms with Crippen LogP contribution in [0.1, 0.15) is 88.3 Å². The Labute approximate surface area is 291 Å². The van der Waals surface area contributed by atoms with E-state index in [1.165, 1.54) is 5.56 Å². The van der Waals surface area contributed by atoms with Gasteiger partial charge in [-0.1, -0.05) is 0 Å². The number of anilines is 1. The number of methoxy groups -OCH3 is 1. The van der Waals surface area contributed by atoms with E-state index >= 15 is 0 Å². The molecular formula is C38H53N7O4. The number of hydrogen-bond acceptors (Lipinski definition) is 8. The second-order valence-corrected chi connectivity index (χ2v) is 14.8. The number of nitrogens with zero attached hydrogens (tertiary/aromatic N) is 7. The number of hydrogen-bond donors (Lipinski definition) is 0. The summed E-state index contributed by atoms with van der Waals surface area (Å²) in [6.45, 7) is 8.32. The Hall–Kier alpha value is -3.99. The van der Waals surface area contributed by atoms with Crippen LogP contribution < -0.4 is 9.64 Å². The molecule has 3 aliphatic rings. The Bertz CT molecular complexity index is 1580. The van der Waals surface area contributed by atoms with Crippen LogP contribution in [-0.4, -0.2) is 94.5 Å². The van der Waals surface area contributed by atoms with Crippen LogP contribution in [0.4, 0.5) is 10.6 Å². The van der Waals surface area contributed by atoms with Crippen LogP contribution in [0.15, 0.2) is 43.0 Å². The molecule has 2 aliphatic carbocycles. The number of carbonyl (C=O) groups is 2. The van der Waals surface area contributed by atoms with Crippen molar-refractivity contribution in [3.05, 3.63) is 54.1 Å². The number of likely N-dealkylation sites (N-methyl/N-ethyl adjacent to an activating group) is 1. The topological polar surface area (TPSA) is 106 Å². The van der Waals surface area contributed by atoms with Crippen LogP contribution in [0.5, 0.6) is 5.88 Å². The molecule has 0 aromatic carbocycles. The van der Waals surface area contributed by atoms with Gasteiger partial charge in [-0.3, -0.25) is 14.4 Å². The number of aromatic nitrogens is 4. The summed E-state index contributed by atoms with van der Waals surface area (Å²) in [5.74, 6) is 2.20. The lowest BCUT2D eigenvalue weighted by Crippen LogP contribution is -2.59. The first-order chi connectivity index (χ1) is 23.6. The van der Waals surface area contributed by atoms with Crippen LogP contribution in [0.3, 0.4) is 0 Å². The number of amides is 2. The molecule has 0 radical (unpaired) electrons. The monoisotopic (exact) mass is 671 g/mol. The average Bonchev–Trinajstić information content (AvgIpc) is 3.58. The summed E-state index contributed by atoms with van der Waals surface area (Å²) < 4.78 is 13.2. The molecular weight excluding hydrogens is 618 g/mol. The van der Waals surface area contributed by atoms with Gasteiger partial charge in [0.05, 0.1) is 13.3 Å². The van der Waals surface area contributed by atoms with Gasteiger partial charge < -0.3 is 19.3 Å². The normalized spacial score (nSPS) is 23.0. The largest absolute Gasteiger partial charge is 0.481 e. The van der Waals surface area contributed by atoms with E-state index in [4.69, 9.17) is 14.5 Å². The highest BCUT2D eigenvalue weighted by Gasteiger charge is 2.37. The molecule has 0 bridgehead atoms. The Morgan fingerprint density at radius 3 is 2.33 bits per heavy atom. The number of likely N-dealkylation sites (tertiary alicyclic amines) is 1. The molecule has 264 valence electrons. The van der Waals surface area contributed by atoms with Gasteiger partial charge in [0.1, 0.15) is 11.9 Å². The number of rotatable bonds is 10. The molecule has 0 unspecified atom stereocenters. The lowest BCUT2D eigenvalue weighted by Gasteiger charge is -2.42. The third-order valence-corrected chi connectivity index (χ3v) is 10.9. The van der Waals surface area contributed by atoms with E-state index in [9.17, 15) is 9.59 Å². The minimum atomic E-state index is -0.229. The summed E-state index contributed by atoms with van der Waals surface area (Å²) in [6.07, 6.45) is 14.3. The molecule has 0 spiro atoms. The van der Waals surface area contributed by atoms with E-state index in [0.29, 0.717) is 74.9 Å². The smallest absolute Gasteiger partial charge is 0.410 e. The van der Waals surface area contributed by atoms with Gasteiger partial charge in [0.25, 0.3) is 0 Å². The summed E-state index contributed by atoms with van der Waals surface area (Å²) in [5.41, 5.74) is 4.34. The van der Waals surface area contributed by atoms with Crippen LogP contribution in [-0.2, 0) is 9.53 Å². The first-order valence-electron chi connectivity index (χ1n) is 18.0. The van der Waals surface area contributed by atoms with Crippen molar-refractivity contribution in [2.75, 3.05) is 45.7 Å². The van der Waals surface area contributed by atoms with Crippen LogP contribution in [0.2, 0.25) is 0 Å². The van der Waals surface area contributed by atoms with Crippen molar-refractivity contribution in [1.82, 2.24) is 29.5 Å². The van der Waals surface area contributed by atoms with E-state index < -0.39 is 0 Å². The summed E-state index contributed by atoms with van der Waals surface area (Å²) in [7, 11) is 5.73. The summed E-state index contributed by atoms with van der Waals surface area (Å²) in [4.78, 5) is 42.3. The number of ether oxygens (including phenoxy) is 2. The van der Waals surface area contributed by atoms with E-state index in [1.54, 1.807) is 18.2 Å². The summed E-state index contributed by atoms with van der Waals surface area (Å²) in [6, 6.07) is 6.89. The number of pyridine rings is 2. The third-order valence-electron chi connectivity index (χ3n) is 10.9. The molecule has 1 saturated heterocycles. The molecule has 49 heavy (non-hydrogen) atoms. The van der Waals surface area contributed by atoms with Crippen molar-refractivity contribution < 1.29 is 19.1 Å². The molecule has 3 aromatic rings. The lowest BCUT2D eigenvalue weighted by atomic mass is 9.78. The molecule has 11 nitrogen and oxygen atoms in total. The molecule has 4 heterocycles. The first-order valence-corrected chi connectivity index (χ1v) is 18.0. The summed E-state index contributed by atoms with van der Waals surface area (Å²) >= 11 is 0. The zero-order valence-corrected chi connectivity index (χ0v) is 30.0. The molecule has 2 saturated carbocycles. The second-order valence-electron chi connectivity index (χ2n) is 14.8. The van der Waals surface area contributed by atoms with Crippen molar-refractivity contribution in [3.63, 3.8) is 0 Å². The molecule has 2 amide bonds. The minimum Gasteiger partial charge on any atom is -0.481 e. The van der Waals surface area contributed by atoms with Crippen molar-refractivity contribution in [1.29, 1.82) is 0 Å². The molecule has 3 fully saturated rings. The fourth-order valence-corrected chi connectivity index (χ4v) is 7.57. The van der Waals surface area contributed by atoms with Crippen LogP contribution in [0, 0.1) is 18.8 Å². The number of carbonyl (C=O) groups excluding carboxylic acids is 2. The highest BCUT2D eigenvalue weighted by molar-refractivity contribution is 5.94. The second kappa shape index (κ2) is 15.3. The fourth-order valence-electron chi connectivity index (χ4n) is 7.57. The zero-order valence-electron chi connectivity index (χ0n) is 30.0. The van der Waals surface area contributed by atoms with Crippen molar-refractivity contribution in [3.8, 4) is 17.0 Å². The summed E-state index contributed by atoms with van der Waals surface area (Å²) in [5, 5.41) is 4.54. The van der Waals surface area contributed by atoms with Gasteiger partial charge >= 0.3 is 6.09 Å². The van der Waals surface area contributed by atoms with Gasteiger partial charge in [0.2, 0.25) is 11.8 Å².